The molecular formula is C19H28N4O2S. The van der Waals surface area contributed by atoms with Crippen molar-refractivity contribution in [3.8, 4) is 0 Å². The van der Waals surface area contributed by atoms with Gasteiger partial charge in [0.2, 0.25) is 5.91 Å². The molecule has 1 unspecified atom stereocenters. The van der Waals surface area contributed by atoms with Crippen molar-refractivity contribution >= 4 is 28.6 Å². The molecule has 1 atom stereocenters. The number of hydrogen-bond acceptors (Lipinski definition) is 5. The molecule has 0 radical (unpaired) electrons. The first-order chi connectivity index (χ1) is 12.3. The van der Waals surface area contributed by atoms with E-state index in [0.29, 0.717) is 47.1 Å². The average Bonchev–Trinajstić information content (AvgIpc) is 2.58. The Morgan fingerprint density at radius 3 is 2.81 bits per heavy atom. The van der Waals surface area contributed by atoms with Crippen molar-refractivity contribution in [1.29, 1.82) is 0 Å². The maximum atomic E-state index is 12.2. The molecule has 4 N–H and O–H groups in total. The highest BCUT2D eigenvalue weighted by atomic mass is 32.2. The van der Waals surface area contributed by atoms with E-state index in [1.54, 1.807) is 17.8 Å². The molecule has 1 aromatic carbocycles. The molecule has 1 amide bonds. The smallest absolute Gasteiger partial charge is 0.258 e. The van der Waals surface area contributed by atoms with E-state index < -0.39 is 0 Å². The number of nitrogens with zero attached hydrogens (tertiary/aromatic N) is 1. The highest BCUT2D eigenvalue weighted by molar-refractivity contribution is 7.98. The number of thioether (sulfide) groups is 1. The molecular weight excluding hydrogens is 348 g/mol. The zero-order valence-electron chi connectivity index (χ0n) is 15.7. The number of hydrogen-bond donors (Lipinski definition) is 3. The van der Waals surface area contributed by atoms with Gasteiger partial charge in [-0.15, -0.1) is 0 Å². The van der Waals surface area contributed by atoms with E-state index in [4.69, 9.17) is 5.73 Å². The third-order valence-electron chi connectivity index (χ3n) is 4.12. The third kappa shape index (κ3) is 5.85. The number of carbonyl (C=O) groups is 1. The Kier molecular flexibility index (Phi) is 7.23. The van der Waals surface area contributed by atoms with Crippen LogP contribution in [0.5, 0.6) is 0 Å². The van der Waals surface area contributed by atoms with Crippen molar-refractivity contribution in [3.05, 3.63) is 40.4 Å². The number of benzene rings is 1. The zero-order valence-corrected chi connectivity index (χ0v) is 16.5. The monoisotopic (exact) mass is 376 g/mol. The predicted molar refractivity (Wildman–Crippen MR) is 108 cm³/mol. The summed E-state index contributed by atoms with van der Waals surface area (Å²) in [6, 6.07) is 7.27. The molecule has 7 heteroatoms. The molecule has 26 heavy (non-hydrogen) atoms. The normalized spacial score (nSPS) is 13.7. The minimum absolute atomic E-state index is 0.00561. The Morgan fingerprint density at radius 2 is 2.12 bits per heavy atom. The fourth-order valence-electron chi connectivity index (χ4n) is 3.02. The van der Waals surface area contributed by atoms with Gasteiger partial charge < -0.3 is 16.0 Å². The van der Waals surface area contributed by atoms with Crippen molar-refractivity contribution in [2.75, 3.05) is 12.3 Å². The van der Waals surface area contributed by atoms with Gasteiger partial charge in [0.15, 0.2) is 0 Å². The molecule has 1 heterocycles. The lowest BCUT2D eigenvalue weighted by atomic mass is 9.90. The Bertz CT molecular complexity index is 805. The number of amides is 1. The molecule has 0 saturated carbocycles. The Balaban J connectivity index is 1.83. The summed E-state index contributed by atoms with van der Waals surface area (Å²) >= 11 is 1.57. The fourth-order valence-corrected chi connectivity index (χ4v) is 3.83. The van der Waals surface area contributed by atoms with E-state index >= 15 is 0 Å². The summed E-state index contributed by atoms with van der Waals surface area (Å²) in [6.45, 7) is 6.65. The maximum Gasteiger partial charge on any atom is 0.258 e. The second kappa shape index (κ2) is 9.19. The van der Waals surface area contributed by atoms with Gasteiger partial charge in [-0.1, -0.05) is 26.0 Å². The van der Waals surface area contributed by atoms with E-state index in [9.17, 15) is 9.59 Å². The van der Waals surface area contributed by atoms with Crippen LogP contribution in [-0.2, 0) is 10.5 Å². The highest BCUT2D eigenvalue weighted by Crippen LogP contribution is 2.16. The van der Waals surface area contributed by atoms with Gasteiger partial charge >= 0.3 is 0 Å². The van der Waals surface area contributed by atoms with Crippen molar-refractivity contribution in [3.63, 3.8) is 0 Å². The van der Waals surface area contributed by atoms with Crippen LogP contribution in [0.15, 0.2) is 29.1 Å². The summed E-state index contributed by atoms with van der Waals surface area (Å²) in [6.07, 6.45) is 1.26. The van der Waals surface area contributed by atoms with Crippen LogP contribution in [0.2, 0.25) is 0 Å². The first-order valence-electron chi connectivity index (χ1n) is 8.90. The van der Waals surface area contributed by atoms with Crippen molar-refractivity contribution in [2.45, 2.75) is 44.9 Å². The van der Waals surface area contributed by atoms with Gasteiger partial charge in [-0.25, -0.2) is 4.98 Å². The van der Waals surface area contributed by atoms with Crippen LogP contribution in [0.3, 0.4) is 0 Å². The molecule has 0 aliphatic rings. The number of H-pyrrole nitrogens is 1. The molecule has 0 spiro atoms. The number of nitrogens with one attached hydrogen (secondary N) is 2. The molecule has 2 rings (SSSR count). The molecule has 2 aromatic rings. The van der Waals surface area contributed by atoms with Gasteiger partial charge in [0.25, 0.3) is 5.56 Å². The van der Waals surface area contributed by atoms with E-state index in [1.165, 1.54) is 0 Å². The standard InChI is InChI=1S/C19H28N4O2S/c1-13(2)10-19(3,12-20)23-17(24)8-9-26-11-16-21-15-7-5-4-6-14(15)18(25)22-16/h4-7,13H,8-12,20H2,1-3H3,(H,23,24)(H,21,22,25). The van der Waals surface area contributed by atoms with Crippen LogP contribution >= 0.6 is 11.8 Å². The van der Waals surface area contributed by atoms with Gasteiger partial charge in [-0.05, 0) is 31.4 Å². The van der Waals surface area contributed by atoms with E-state index in [2.05, 4.69) is 29.1 Å². The van der Waals surface area contributed by atoms with Gasteiger partial charge in [-0.2, -0.15) is 11.8 Å². The first kappa shape index (κ1) is 20.5. The summed E-state index contributed by atoms with van der Waals surface area (Å²) in [5.41, 5.74) is 6.04. The second-order valence-corrected chi connectivity index (χ2v) is 8.35. The van der Waals surface area contributed by atoms with Crippen LogP contribution in [0, 0.1) is 5.92 Å². The predicted octanol–water partition coefficient (Wildman–Crippen LogP) is 2.43. The summed E-state index contributed by atoms with van der Waals surface area (Å²) < 4.78 is 0. The topological polar surface area (TPSA) is 101 Å². The van der Waals surface area contributed by atoms with Crippen molar-refractivity contribution in [2.24, 2.45) is 11.7 Å². The molecule has 0 saturated heterocycles. The summed E-state index contributed by atoms with van der Waals surface area (Å²) in [5, 5.41) is 3.65. The van der Waals surface area contributed by atoms with Gasteiger partial charge in [0, 0.05) is 24.3 Å². The number of carbonyl (C=O) groups excluding carboxylic acids is 1. The number of fused-ring (bicyclic) bond motifs is 1. The molecule has 0 aliphatic carbocycles. The maximum absolute atomic E-state index is 12.2. The molecule has 0 fully saturated rings. The summed E-state index contributed by atoms with van der Waals surface area (Å²) in [4.78, 5) is 31.5. The summed E-state index contributed by atoms with van der Waals surface area (Å²) in [7, 11) is 0. The number of aromatic amines is 1. The van der Waals surface area contributed by atoms with Crippen LogP contribution < -0.4 is 16.6 Å². The fraction of sp³-hybridized carbons (Fsp3) is 0.526. The van der Waals surface area contributed by atoms with E-state index in [0.717, 1.165) is 6.42 Å². The minimum Gasteiger partial charge on any atom is -0.350 e. The minimum atomic E-state index is -0.360. The Hall–Kier alpha value is -1.86. The van der Waals surface area contributed by atoms with Gasteiger partial charge in [0.05, 0.1) is 16.7 Å². The van der Waals surface area contributed by atoms with Crippen molar-refractivity contribution in [1.82, 2.24) is 15.3 Å². The highest BCUT2D eigenvalue weighted by Gasteiger charge is 2.25. The second-order valence-electron chi connectivity index (χ2n) is 7.24. The number of para-hydroxylation sites is 1. The van der Waals surface area contributed by atoms with E-state index in [-0.39, 0.29) is 17.0 Å². The van der Waals surface area contributed by atoms with Gasteiger partial charge in [-0.3, -0.25) is 9.59 Å². The zero-order chi connectivity index (χ0) is 19.2. The van der Waals surface area contributed by atoms with Crippen LogP contribution in [0.4, 0.5) is 0 Å². The van der Waals surface area contributed by atoms with Gasteiger partial charge in [0.1, 0.15) is 5.82 Å². The Morgan fingerprint density at radius 1 is 1.38 bits per heavy atom. The molecule has 142 valence electrons. The van der Waals surface area contributed by atoms with Crippen LogP contribution in [0.1, 0.15) is 39.4 Å². The SMILES string of the molecule is CC(C)CC(C)(CN)NC(=O)CCSCc1nc2ccccc2c(=O)[nH]1. The first-order valence-corrected chi connectivity index (χ1v) is 10.1. The average molecular weight is 377 g/mol. The lowest BCUT2D eigenvalue weighted by molar-refractivity contribution is -0.122. The number of nitrogens with two attached hydrogens (primary N) is 1. The molecule has 0 aliphatic heterocycles. The quantitative estimate of drug-likeness (QED) is 0.584. The lowest BCUT2D eigenvalue weighted by Gasteiger charge is -2.31. The third-order valence-corrected chi connectivity index (χ3v) is 5.10. The number of aromatic nitrogens is 2. The van der Waals surface area contributed by atoms with Crippen molar-refractivity contribution < 1.29 is 4.79 Å². The molecule has 6 nitrogen and oxygen atoms in total. The van der Waals surface area contributed by atoms with Crippen LogP contribution in [-0.4, -0.2) is 33.7 Å². The Labute approximate surface area is 158 Å². The van der Waals surface area contributed by atoms with E-state index in [1.807, 2.05) is 25.1 Å². The van der Waals surface area contributed by atoms with Crippen LogP contribution in [0.25, 0.3) is 10.9 Å². The molecule has 0 bridgehead atoms. The number of rotatable bonds is 9. The lowest BCUT2D eigenvalue weighted by Crippen LogP contribution is -2.52. The summed E-state index contributed by atoms with van der Waals surface area (Å²) in [5.74, 6) is 2.32. The largest absolute Gasteiger partial charge is 0.350 e. The molecule has 1 aromatic heterocycles.